The van der Waals surface area contributed by atoms with Gasteiger partial charge < -0.3 is 5.73 Å². The van der Waals surface area contributed by atoms with E-state index in [0.717, 1.165) is 5.56 Å². The molecule has 108 valence electrons. The molecular formula is C11H15F3N2O2S. The third-order valence-electron chi connectivity index (χ3n) is 2.51. The molecule has 0 amide bonds. The molecule has 0 aliphatic carbocycles. The molecule has 0 aliphatic heterocycles. The van der Waals surface area contributed by atoms with Gasteiger partial charge in [-0.25, -0.2) is 13.1 Å². The van der Waals surface area contributed by atoms with Crippen LogP contribution in [0, 0.1) is 0 Å². The van der Waals surface area contributed by atoms with Crippen LogP contribution in [-0.4, -0.2) is 21.1 Å². The second-order valence-corrected chi connectivity index (χ2v) is 5.74. The predicted octanol–water partition coefficient (Wildman–Crippen LogP) is 2.06. The molecule has 3 N–H and O–H groups in total. The molecule has 0 heterocycles. The van der Waals surface area contributed by atoms with Crippen LogP contribution in [0.4, 0.5) is 18.9 Å². The molecule has 1 rings (SSSR count). The number of alkyl halides is 3. The van der Waals surface area contributed by atoms with E-state index >= 15 is 0 Å². The van der Waals surface area contributed by atoms with E-state index in [9.17, 15) is 21.6 Å². The van der Waals surface area contributed by atoms with Gasteiger partial charge in [-0.05, 0) is 24.1 Å². The fourth-order valence-corrected chi connectivity index (χ4v) is 2.54. The quantitative estimate of drug-likeness (QED) is 0.817. The van der Waals surface area contributed by atoms with Crippen LogP contribution in [0.3, 0.4) is 0 Å². The predicted molar refractivity (Wildman–Crippen MR) is 66.1 cm³/mol. The van der Waals surface area contributed by atoms with Gasteiger partial charge in [0.15, 0.2) is 0 Å². The average Bonchev–Trinajstić information content (AvgIpc) is 2.26. The maximum Gasteiger partial charge on any atom is 0.390 e. The second kappa shape index (κ2) is 5.79. The van der Waals surface area contributed by atoms with E-state index in [0.29, 0.717) is 12.1 Å². The van der Waals surface area contributed by atoms with Crippen molar-refractivity contribution in [2.75, 3.05) is 12.3 Å². The molecule has 0 aliphatic rings. The Labute approximate surface area is 109 Å². The lowest BCUT2D eigenvalue weighted by Gasteiger charge is -2.10. The van der Waals surface area contributed by atoms with Crippen LogP contribution in [0.2, 0.25) is 0 Å². The van der Waals surface area contributed by atoms with E-state index in [2.05, 4.69) is 0 Å². The van der Waals surface area contributed by atoms with Gasteiger partial charge in [0.1, 0.15) is 0 Å². The molecule has 0 spiro atoms. The van der Waals surface area contributed by atoms with Gasteiger partial charge in [-0.1, -0.05) is 13.0 Å². The molecule has 0 saturated heterocycles. The number of rotatable bonds is 5. The zero-order valence-electron chi connectivity index (χ0n) is 10.3. The first kappa shape index (κ1) is 15.8. The van der Waals surface area contributed by atoms with Crippen molar-refractivity contribution in [3.63, 3.8) is 0 Å². The van der Waals surface area contributed by atoms with Gasteiger partial charge in [0, 0.05) is 12.2 Å². The molecule has 0 saturated carbocycles. The summed E-state index contributed by atoms with van der Waals surface area (Å²) in [5.74, 6) is 0. The summed E-state index contributed by atoms with van der Waals surface area (Å²) in [5.41, 5.74) is 6.75. The van der Waals surface area contributed by atoms with E-state index in [-0.39, 0.29) is 4.90 Å². The number of nitrogens with one attached hydrogen (secondary N) is 1. The first-order chi connectivity index (χ1) is 8.65. The molecule has 19 heavy (non-hydrogen) atoms. The van der Waals surface area contributed by atoms with Crippen LogP contribution in [-0.2, 0) is 16.4 Å². The number of nitrogens with two attached hydrogens (primary N) is 1. The summed E-state index contributed by atoms with van der Waals surface area (Å²) in [6.07, 6.45) is -4.96. The maximum atomic E-state index is 11.9. The highest BCUT2D eigenvalue weighted by molar-refractivity contribution is 7.89. The van der Waals surface area contributed by atoms with Crippen LogP contribution in [0.5, 0.6) is 0 Å². The molecule has 0 atom stereocenters. The molecule has 0 fully saturated rings. The van der Waals surface area contributed by atoms with E-state index in [4.69, 9.17) is 5.73 Å². The first-order valence-corrected chi connectivity index (χ1v) is 7.09. The standard InChI is InChI=1S/C11H15F3N2O2S/c1-2-8-3-4-9(7-10(8)15)19(17,18)16-6-5-11(12,13)14/h3-4,7,16H,2,5-6,15H2,1H3. The molecule has 0 bridgehead atoms. The minimum Gasteiger partial charge on any atom is -0.398 e. The Balaban J connectivity index is 2.80. The smallest absolute Gasteiger partial charge is 0.390 e. The third-order valence-corrected chi connectivity index (χ3v) is 3.97. The highest BCUT2D eigenvalue weighted by Crippen LogP contribution is 2.20. The minimum absolute atomic E-state index is 0.135. The normalized spacial score (nSPS) is 12.6. The molecule has 4 nitrogen and oxygen atoms in total. The van der Waals surface area contributed by atoms with Crippen molar-refractivity contribution in [3.8, 4) is 0 Å². The van der Waals surface area contributed by atoms with Crippen molar-refractivity contribution in [1.82, 2.24) is 4.72 Å². The number of hydrogen-bond acceptors (Lipinski definition) is 3. The number of nitrogen functional groups attached to an aromatic ring is 1. The highest BCUT2D eigenvalue weighted by Gasteiger charge is 2.27. The van der Waals surface area contributed by atoms with Crippen LogP contribution < -0.4 is 10.5 Å². The number of halogens is 3. The summed E-state index contributed by atoms with van der Waals surface area (Å²) in [7, 11) is -3.96. The number of benzene rings is 1. The summed E-state index contributed by atoms with van der Waals surface area (Å²) in [6, 6.07) is 4.12. The number of sulfonamides is 1. The summed E-state index contributed by atoms with van der Waals surface area (Å²) in [5, 5.41) is 0. The Morgan fingerprint density at radius 1 is 1.32 bits per heavy atom. The van der Waals surface area contributed by atoms with Crippen molar-refractivity contribution in [3.05, 3.63) is 23.8 Å². The fourth-order valence-electron chi connectivity index (χ4n) is 1.47. The molecule has 1 aromatic rings. The van der Waals surface area contributed by atoms with Crippen molar-refractivity contribution in [1.29, 1.82) is 0 Å². The van der Waals surface area contributed by atoms with Gasteiger partial charge in [0.25, 0.3) is 0 Å². The van der Waals surface area contributed by atoms with Gasteiger partial charge in [-0.15, -0.1) is 0 Å². The minimum atomic E-state index is -4.40. The average molecular weight is 296 g/mol. The third kappa shape index (κ3) is 4.71. The lowest BCUT2D eigenvalue weighted by molar-refractivity contribution is -0.132. The van der Waals surface area contributed by atoms with Crippen molar-refractivity contribution in [2.24, 2.45) is 0 Å². The monoisotopic (exact) mass is 296 g/mol. The summed E-state index contributed by atoms with van der Waals surface area (Å²) in [4.78, 5) is -0.135. The van der Waals surface area contributed by atoms with Crippen LogP contribution in [0.1, 0.15) is 18.9 Å². The molecule has 0 radical (unpaired) electrons. The Kier molecular flexibility index (Phi) is 4.81. The van der Waals surface area contributed by atoms with Crippen molar-refractivity contribution in [2.45, 2.75) is 30.8 Å². The van der Waals surface area contributed by atoms with E-state index < -0.39 is 29.2 Å². The SMILES string of the molecule is CCc1ccc(S(=O)(=O)NCCC(F)(F)F)cc1N. The van der Waals surface area contributed by atoms with E-state index in [1.165, 1.54) is 12.1 Å². The van der Waals surface area contributed by atoms with Crippen LogP contribution in [0.15, 0.2) is 23.1 Å². The first-order valence-electron chi connectivity index (χ1n) is 5.60. The molecule has 8 heteroatoms. The van der Waals surface area contributed by atoms with Gasteiger partial charge >= 0.3 is 6.18 Å². The zero-order valence-corrected chi connectivity index (χ0v) is 11.1. The summed E-state index contributed by atoms with van der Waals surface area (Å²) >= 11 is 0. The largest absolute Gasteiger partial charge is 0.398 e. The van der Waals surface area contributed by atoms with E-state index in [1.54, 1.807) is 6.07 Å². The van der Waals surface area contributed by atoms with Gasteiger partial charge in [-0.2, -0.15) is 13.2 Å². The fraction of sp³-hybridized carbons (Fsp3) is 0.455. The number of hydrogen-bond donors (Lipinski definition) is 2. The van der Waals surface area contributed by atoms with Gasteiger partial charge in [-0.3, -0.25) is 0 Å². The Bertz CT molecular complexity index is 541. The molecule has 0 unspecified atom stereocenters. The summed E-state index contributed by atoms with van der Waals surface area (Å²) < 4.78 is 61.2. The number of anilines is 1. The Morgan fingerprint density at radius 3 is 2.42 bits per heavy atom. The molecule has 0 aromatic heterocycles. The maximum absolute atomic E-state index is 11.9. The van der Waals surface area contributed by atoms with Crippen LogP contribution in [0.25, 0.3) is 0 Å². The van der Waals surface area contributed by atoms with Gasteiger partial charge in [0.05, 0.1) is 11.3 Å². The number of aryl methyl sites for hydroxylation is 1. The highest BCUT2D eigenvalue weighted by atomic mass is 32.2. The van der Waals surface area contributed by atoms with E-state index in [1.807, 2.05) is 11.6 Å². The Hall–Kier alpha value is -1.28. The lowest BCUT2D eigenvalue weighted by atomic mass is 10.1. The molecule has 1 aromatic carbocycles. The summed E-state index contributed by atoms with van der Waals surface area (Å²) in [6.45, 7) is 1.17. The van der Waals surface area contributed by atoms with Crippen molar-refractivity contribution < 1.29 is 21.6 Å². The lowest BCUT2D eigenvalue weighted by Crippen LogP contribution is -2.28. The van der Waals surface area contributed by atoms with Crippen LogP contribution >= 0.6 is 0 Å². The van der Waals surface area contributed by atoms with Gasteiger partial charge in [0.2, 0.25) is 10.0 Å². The van der Waals surface area contributed by atoms with Crippen molar-refractivity contribution >= 4 is 15.7 Å². The Morgan fingerprint density at radius 2 is 1.95 bits per heavy atom. The second-order valence-electron chi connectivity index (χ2n) is 3.98. The topological polar surface area (TPSA) is 72.2 Å². The zero-order chi connectivity index (χ0) is 14.7. The molecular weight excluding hydrogens is 281 g/mol.